The standard InChI is InChI=1S/C9H12N8O2/c1-10-9-12-3-6(17(18)19)8(14-9)11-4-7-13-5-16(2)15-7/h3,5H,4H2,1-2H3,(H2,10,11,12,14). The minimum absolute atomic E-state index is 0.122. The zero-order chi connectivity index (χ0) is 13.8. The van der Waals surface area contributed by atoms with E-state index >= 15 is 0 Å². The van der Waals surface area contributed by atoms with Crippen molar-refractivity contribution in [2.45, 2.75) is 6.54 Å². The fraction of sp³-hybridized carbons (Fsp3) is 0.333. The summed E-state index contributed by atoms with van der Waals surface area (Å²) in [5.74, 6) is 0.931. The molecule has 100 valence electrons. The second-order valence-corrected chi connectivity index (χ2v) is 3.62. The number of aromatic nitrogens is 5. The Hall–Kier alpha value is -2.78. The van der Waals surface area contributed by atoms with Crippen molar-refractivity contribution in [2.24, 2.45) is 7.05 Å². The lowest BCUT2D eigenvalue weighted by Gasteiger charge is -2.05. The molecule has 10 heteroatoms. The van der Waals surface area contributed by atoms with Gasteiger partial charge in [0.25, 0.3) is 0 Å². The summed E-state index contributed by atoms with van der Waals surface area (Å²) in [7, 11) is 3.37. The molecule has 0 aliphatic rings. The van der Waals surface area contributed by atoms with E-state index in [1.54, 1.807) is 25.1 Å². The first-order chi connectivity index (χ1) is 9.10. The number of rotatable bonds is 5. The molecule has 0 atom stereocenters. The quantitative estimate of drug-likeness (QED) is 0.578. The van der Waals surface area contributed by atoms with Gasteiger partial charge in [0.2, 0.25) is 11.8 Å². The minimum atomic E-state index is -0.548. The highest BCUT2D eigenvalue weighted by Crippen LogP contribution is 2.21. The Morgan fingerprint density at radius 2 is 2.26 bits per heavy atom. The molecule has 0 aliphatic carbocycles. The molecule has 2 rings (SSSR count). The van der Waals surface area contributed by atoms with Crippen LogP contribution in [0.15, 0.2) is 12.5 Å². The Labute approximate surface area is 108 Å². The Balaban J connectivity index is 2.19. The zero-order valence-corrected chi connectivity index (χ0v) is 10.4. The number of hydrogen-bond acceptors (Lipinski definition) is 8. The molecule has 2 heterocycles. The van der Waals surface area contributed by atoms with Crippen LogP contribution in [0.3, 0.4) is 0 Å². The lowest BCUT2D eigenvalue weighted by molar-refractivity contribution is -0.384. The van der Waals surface area contributed by atoms with Crippen LogP contribution in [0.25, 0.3) is 0 Å². The molecule has 19 heavy (non-hydrogen) atoms. The van der Waals surface area contributed by atoms with Crippen LogP contribution in [0.5, 0.6) is 0 Å². The molecule has 0 saturated carbocycles. The predicted molar refractivity (Wildman–Crippen MR) is 66.6 cm³/mol. The molecule has 2 aromatic rings. The van der Waals surface area contributed by atoms with Crippen LogP contribution >= 0.6 is 0 Å². The van der Waals surface area contributed by atoms with Crippen molar-refractivity contribution in [2.75, 3.05) is 17.7 Å². The summed E-state index contributed by atoms with van der Waals surface area (Å²) < 4.78 is 1.55. The number of hydrogen-bond donors (Lipinski definition) is 2. The molecule has 0 bridgehead atoms. The summed E-state index contributed by atoms with van der Waals surface area (Å²) in [5, 5.41) is 20.5. The molecule has 0 fully saturated rings. The summed E-state index contributed by atoms with van der Waals surface area (Å²) in [6.45, 7) is 0.238. The van der Waals surface area contributed by atoms with Gasteiger partial charge in [-0.2, -0.15) is 10.1 Å². The van der Waals surface area contributed by atoms with Gasteiger partial charge >= 0.3 is 5.69 Å². The van der Waals surface area contributed by atoms with Gasteiger partial charge in [-0.1, -0.05) is 0 Å². The SMILES string of the molecule is CNc1ncc([N+](=O)[O-])c(NCc2ncn(C)n2)n1. The first-order valence-electron chi connectivity index (χ1n) is 5.37. The van der Waals surface area contributed by atoms with Gasteiger partial charge in [0.15, 0.2) is 5.82 Å². The van der Waals surface area contributed by atoms with Crippen LogP contribution in [0, 0.1) is 10.1 Å². The van der Waals surface area contributed by atoms with E-state index in [4.69, 9.17) is 0 Å². The zero-order valence-electron chi connectivity index (χ0n) is 10.4. The van der Waals surface area contributed by atoms with Gasteiger partial charge in [-0.25, -0.2) is 9.97 Å². The highest BCUT2D eigenvalue weighted by Gasteiger charge is 2.17. The van der Waals surface area contributed by atoms with Crippen LogP contribution in [0.1, 0.15) is 5.82 Å². The van der Waals surface area contributed by atoms with E-state index in [2.05, 4.69) is 30.7 Å². The number of nitrogens with zero attached hydrogens (tertiary/aromatic N) is 6. The Bertz CT molecular complexity index is 596. The van der Waals surface area contributed by atoms with Gasteiger partial charge in [0.05, 0.1) is 11.5 Å². The maximum absolute atomic E-state index is 10.9. The first-order valence-corrected chi connectivity index (χ1v) is 5.37. The van der Waals surface area contributed by atoms with Gasteiger partial charge < -0.3 is 10.6 Å². The van der Waals surface area contributed by atoms with Gasteiger partial charge in [-0.05, 0) is 0 Å². The van der Waals surface area contributed by atoms with Crippen molar-refractivity contribution < 1.29 is 4.92 Å². The van der Waals surface area contributed by atoms with Gasteiger partial charge in [0, 0.05) is 14.1 Å². The summed E-state index contributed by atoms with van der Waals surface area (Å²) in [6, 6.07) is 0. The number of nitro groups is 1. The van der Waals surface area contributed by atoms with Gasteiger partial charge in [-0.15, -0.1) is 0 Å². The third-order valence-corrected chi connectivity index (χ3v) is 2.25. The van der Waals surface area contributed by atoms with E-state index in [1.807, 2.05) is 0 Å². The Kier molecular flexibility index (Phi) is 3.50. The average Bonchev–Trinajstić information content (AvgIpc) is 2.81. The maximum Gasteiger partial charge on any atom is 0.329 e. The van der Waals surface area contributed by atoms with E-state index in [1.165, 1.54) is 0 Å². The molecule has 0 amide bonds. The normalized spacial score (nSPS) is 10.2. The predicted octanol–water partition coefficient (Wildman–Crippen LogP) is 0.167. The summed E-state index contributed by atoms with van der Waals surface area (Å²) in [4.78, 5) is 22.1. The lowest BCUT2D eigenvalue weighted by atomic mass is 10.4. The molecule has 10 nitrogen and oxygen atoms in total. The van der Waals surface area contributed by atoms with Crippen molar-refractivity contribution in [3.05, 3.63) is 28.5 Å². The van der Waals surface area contributed by atoms with Crippen molar-refractivity contribution in [1.82, 2.24) is 24.7 Å². The van der Waals surface area contributed by atoms with Crippen molar-refractivity contribution >= 4 is 17.5 Å². The van der Waals surface area contributed by atoms with Crippen LogP contribution in [0.4, 0.5) is 17.5 Å². The summed E-state index contributed by atoms with van der Waals surface area (Å²) in [5.41, 5.74) is -0.199. The third kappa shape index (κ3) is 2.91. The van der Waals surface area contributed by atoms with E-state index in [0.29, 0.717) is 11.8 Å². The van der Waals surface area contributed by atoms with Crippen molar-refractivity contribution in [1.29, 1.82) is 0 Å². The maximum atomic E-state index is 10.9. The molecule has 2 aromatic heterocycles. The fourth-order valence-corrected chi connectivity index (χ4v) is 1.39. The van der Waals surface area contributed by atoms with Crippen molar-refractivity contribution in [3.8, 4) is 0 Å². The molecule has 0 aliphatic heterocycles. The molecule has 0 radical (unpaired) electrons. The third-order valence-electron chi connectivity index (χ3n) is 2.25. The van der Waals surface area contributed by atoms with Crippen LogP contribution in [-0.2, 0) is 13.6 Å². The lowest BCUT2D eigenvalue weighted by Crippen LogP contribution is -2.08. The van der Waals surface area contributed by atoms with Gasteiger partial charge in [-0.3, -0.25) is 14.8 Å². The highest BCUT2D eigenvalue weighted by atomic mass is 16.6. The molecule has 0 unspecified atom stereocenters. The van der Waals surface area contributed by atoms with Gasteiger partial charge in [0.1, 0.15) is 12.5 Å². The minimum Gasteiger partial charge on any atom is -0.357 e. The molecule has 2 N–H and O–H groups in total. The fourth-order valence-electron chi connectivity index (χ4n) is 1.39. The van der Waals surface area contributed by atoms with E-state index < -0.39 is 4.92 Å². The first kappa shape index (κ1) is 12.7. The molecule has 0 saturated heterocycles. The molecule has 0 spiro atoms. The average molecular weight is 264 g/mol. The largest absolute Gasteiger partial charge is 0.357 e. The second-order valence-electron chi connectivity index (χ2n) is 3.62. The molecular weight excluding hydrogens is 252 g/mol. The monoisotopic (exact) mass is 264 g/mol. The van der Waals surface area contributed by atoms with Crippen LogP contribution in [0.2, 0.25) is 0 Å². The number of anilines is 2. The number of aryl methyl sites for hydroxylation is 1. The summed E-state index contributed by atoms with van der Waals surface area (Å²) in [6.07, 6.45) is 2.69. The van der Waals surface area contributed by atoms with E-state index in [9.17, 15) is 10.1 Å². The topological polar surface area (TPSA) is 124 Å². The number of nitrogens with one attached hydrogen (secondary N) is 2. The van der Waals surface area contributed by atoms with Crippen LogP contribution in [-0.4, -0.2) is 36.7 Å². The second kappa shape index (κ2) is 5.25. The van der Waals surface area contributed by atoms with Crippen molar-refractivity contribution in [3.63, 3.8) is 0 Å². The molecule has 0 aromatic carbocycles. The Morgan fingerprint density at radius 1 is 1.47 bits per heavy atom. The van der Waals surface area contributed by atoms with Crippen LogP contribution < -0.4 is 10.6 Å². The Morgan fingerprint density at radius 3 is 2.84 bits per heavy atom. The van der Waals surface area contributed by atoms with E-state index in [0.717, 1.165) is 6.20 Å². The molecular formula is C9H12N8O2. The van der Waals surface area contributed by atoms with E-state index in [-0.39, 0.29) is 18.1 Å². The highest BCUT2D eigenvalue weighted by molar-refractivity contribution is 5.56. The summed E-state index contributed by atoms with van der Waals surface area (Å²) >= 11 is 0. The smallest absolute Gasteiger partial charge is 0.329 e.